The molecule has 0 aliphatic carbocycles. The summed E-state index contributed by atoms with van der Waals surface area (Å²) in [5, 5.41) is 34.1. The molecule has 13 nitrogen and oxygen atoms in total. The summed E-state index contributed by atoms with van der Waals surface area (Å²) in [6, 6.07) is 12.5. The molecule has 196 valence electrons. The second kappa shape index (κ2) is 12.2. The summed E-state index contributed by atoms with van der Waals surface area (Å²) in [6.45, 7) is 4.23. The van der Waals surface area contributed by atoms with E-state index in [-0.39, 0.29) is 29.5 Å². The maximum absolute atomic E-state index is 12.6. The highest BCUT2D eigenvalue weighted by atomic mass is 32.2. The molecular formula is C23H22N8O5S2. The Balaban J connectivity index is 1.50. The summed E-state index contributed by atoms with van der Waals surface area (Å²) in [5.41, 5.74) is 0.866. The first-order valence-corrected chi connectivity index (χ1v) is 13.1. The summed E-state index contributed by atoms with van der Waals surface area (Å²) in [7, 11) is 0. The Bertz CT molecular complexity index is 1440. The third-order valence-electron chi connectivity index (χ3n) is 4.96. The number of nitro benzene ring substituents is 1. The minimum Gasteiger partial charge on any atom is -0.494 e. The molecule has 2 aromatic carbocycles. The maximum atomic E-state index is 12.6. The highest BCUT2D eigenvalue weighted by Gasteiger charge is 2.18. The van der Waals surface area contributed by atoms with E-state index < -0.39 is 10.8 Å². The van der Waals surface area contributed by atoms with Crippen LogP contribution in [0.5, 0.6) is 5.75 Å². The lowest BCUT2D eigenvalue weighted by Gasteiger charge is -2.12. The van der Waals surface area contributed by atoms with Crippen LogP contribution in [0.2, 0.25) is 0 Å². The largest absolute Gasteiger partial charge is 0.494 e. The van der Waals surface area contributed by atoms with Crippen LogP contribution in [-0.2, 0) is 11.3 Å². The molecule has 15 heteroatoms. The molecule has 2 heterocycles. The lowest BCUT2D eigenvalue weighted by molar-refractivity contribution is -0.384. The quantitative estimate of drug-likeness (QED) is 0.159. The van der Waals surface area contributed by atoms with Crippen LogP contribution in [0.4, 0.5) is 10.8 Å². The van der Waals surface area contributed by atoms with Gasteiger partial charge < -0.3 is 10.1 Å². The molecule has 0 bridgehead atoms. The van der Waals surface area contributed by atoms with Crippen LogP contribution < -0.4 is 15.4 Å². The summed E-state index contributed by atoms with van der Waals surface area (Å²) >= 11 is 2.45. The van der Waals surface area contributed by atoms with Gasteiger partial charge in [-0.15, -0.1) is 20.4 Å². The van der Waals surface area contributed by atoms with Crippen molar-refractivity contribution < 1.29 is 19.2 Å². The topological polar surface area (TPSA) is 167 Å². The number of nitrogens with zero attached hydrogens (tertiary/aromatic N) is 6. The molecule has 38 heavy (non-hydrogen) atoms. The van der Waals surface area contributed by atoms with Crippen LogP contribution in [-0.4, -0.2) is 54.1 Å². The molecule has 0 spiro atoms. The van der Waals surface area contributed by atoms with E-state index in [2.05, 4.69) is 31.0 Å². The SMILES string of the molecule is CCOc1ccc(-n2c(CNC(=O)c3ccc([N+](=O)[O-])cc3)nnc2SCC(=O)Nc2nnc(C)s2)cc1. The molecule has 2 N–H and O–H groups in total. The van der Waals surface area contributed by atoms with Gasteiger partial charge >= 0.3 is 0 Å². The van der Waals surface area contributed by atoms with Gasteiger partial charge in [-0.2, -0.15) is 0 Å². The molecule has 0 radical (unpaired) electrons. The van der Waals surface area contributed by atoms with Crippen LogP contribution in [0.1, 0.15) is 28.1 Å². The van der Waals surface area contributed by atoms with E-state index in [4.69, 9.17) is 4.74 Å². The van der Waals surface area contributed by atoms with Crippen LogP contribution >= 0.6 is 23.1 Å². The Kier molecular flexibility index (Phi) is 8.60. The lowest BCUT2D eigenvalue weighted by atomic mass is 10.2. The van der Waals surface area contributed by atoms with Gasteiger partial charge in [-0.1, -0.05) is 23.1 Å². The second-order valence-electron chi connectivity index (χ2n) is 7.61. The van der Waals surface area contributed by atoms with Crippen molar-refractivity contribution in [2.75, 3.05) is 17.7 Å². The number of rotatable bonds is 11. The number of hydrogen-bond acceptors (Lipinski definition) is 11. The van der Waals surface area contributed by atoms with Crippen molar-refractivity contribution in [3.63, 3.8) is 0 Å². The van der Waals surface area contributed by atoms with Crippen LogP contribution in [0.3, 0.4) is 0 Å². The fourth-order valence-corrected chi connectivity index (χ4v) is 4.63. The fraction of sp³-hybridized carbons (Fsp3) is 0.217. The number of amides is 2. The Morgan fingerprint density at radius 2 is 1.82 bits per heavy atom. The molecule has 0 aliphatic rings. The van der Waals surface area contributed by atoms with E-state index in [9.17, 15) is 19.7 Å². The summed E-state index contributed by atoms with van der Waals surface area (Å²) < 4.78 is 7.25. The average molecular weight is 555 g/mol. The first kappa shape index (κ1) is 26.7. The highest BCUT2D eigenvalue weighted by molar-refractivity contribution is 7.99. The third kappa shape index (κ3) is 6.68. The van der Waals surface area contributed by atoms with Crippen molar-refractivity contribution in [1.29, 1.82) is 0 Å². The first-order chi connectivity index (χ1) is 18.3. The van der Waals surface area contributed by atoms with Crippen molar-refractivity contribution in [3.8, 4) is 11.4 Å². The third-order valence-corrected chi connectivity index (χ3v) is 6.64. The Morgan fingerprint density at radius 1 is 1.08 bits per heavy atom. The number of benzene rings is 2. The predicted molar refractivity (Wildman–Crippen MR) is 141 cm³/mol. The number of thioether (sulfide) groups is 1. The minimum atomic E-state index is -0.532. The maximum Gasteiger partial charge on any atom is 0.269 e. The van der Waals surface area contributed by atoms with E-state index in [0.717, 1.165) is 5.01 Å². The normalized spacial score (nSPS) is 10.7. The van der Waals surface area contributed by atoms with E-state index in [0.29, 0.717) is 34.2 Å². The van der Waals surface area contributed by atoms with E-state index in [1.165, 1.54) is 47.4 Å². The van der Waals surface area contributed by atoms with Gasteiger partial charge in [0.15, 0.2) is 11.0 Å². The monoisotopic (exact) mass is 554 g/mol. The number of hydrogen-bond donors (Lipinski definition) is 2. The molecular weight excluding hydrogens is 532 g/mol. The summed E-state index contributed by atoms with van der Waals surface area (Å²) in [4.78, 5) is 35.4. The zero-order valence-corrected chi connectivity index (χ0v) is 21.9. The van der Waals surface area contributed by atoms with Gasteiger partial charge in [0.2, 0.25) is 11.0 Å². The molecule has 2 amide bonds. The number of nitrogens with one attached hydrogen (secondary N) is 2. The van der Waals surface area contributed by atoms with Gasteiger partial charge in [-0.3, -0.25) is 29.6 Å². The van der Waals surface area contributed by atoms with Gasteiger partial charge in [0.25, 0.3) is 11.6 Å². The Morgan fingerprint density at radius 3 is 2.45 bits per heavy atom. The number of carbonyl (C=O) groups is 2. The number of aromatic nitrogens is 5. The van der Waals surface area contributed by atoms with Gasteiger partial charge in [0.05, 0.1) is 23.8 Å². The number of non-ortho nitro benzene ring substituents is 1. The Hall–Kier alpha value is -4.37. The molecule has 0 atom stereocenters. The van der Waals surface area contributed by atoms with Gasteiger partial charge in [0.1, 0.15) is 10.8 Å². The van der Waals surface area contributed by atoms with Gasteiger partial charge in [-0.25, -0.2) is 0 Å². The number of aryl methyl sites for hydroxylation is 1. The molecule has 0 saturated carbocycles. The molecule has 4 rings (SSSR count). The first-order valence-electron chi connectivity index (χ1n) is 11.3. The zero-order chi connectivity index (χ0) is 27.1. The van der Waals surface area contributed by atoms with Gasteiger partial charge in [0, 0.05) is 23.4 Å². The van der Waals surface area contributed by atoms with Crippen molar-refractivity contribution in [1.82, 2.24) is 30.3 Å². The second-order valence-corrected chi connectivity index (χ2v) is 9.74. The zero-order valence-electron chi connectivity index (χ0n) is 20.3. The number of carbonyl (C=O) groups excluding carboxylic acids is 2. The highest BCUT2D eigenvalue weighted by Crippen LogP contribution is 2.25. The molecule has 2 aromatic heterocycles. The average Bonchev–Trinajstić information content (AvgIpc) is 3.52. The van der Waals surface area contributed by atoms with E-state index in [1.807, 2.05) is 19.1 Å². The number of ether oxygens (including phenoxy) is 1. The summed E-state index contributed by atoms with van der Waals surface area (Å²) in [5.74, 6) is 0.455. The van der Waals surface area contributed by atoms with Crippen LogP contribution in [0.15, 0.2) is 53.7 Å². The molecule has 0 saturated heterocycles. The smallest absolute Gasteiger partial charge is 0.269 e. The molecule has 0 aliphatic heterocycles. The van der Waals surface area contributed by atoms with Crippen molar-refractivity contribution in [2.45, 2.75) is 25.5 Å². The fourth-order valence-electron chi connectivity index (χ4n) is 3.25. The number of nitro groups is 1. The van der Waals surface area contributed by atoms with E-state index >= 15 is 0 Å². The van der Waals surface area contributed by atoms with E-state index in [1.54, 1.807) is 23.6 Å². The van der Waals surface area contributed by atoms with Crippen molar-refractivity contribution >= 4 is 45.7 Å². The molecule has 4 aromatic rings. The van der Waals surface area contributed by atoms with Crippen molar-refractivity contribution in [2.24, 2.45) is 0 Å². The molecule has 0 fully saturated rings. The molecule has 0 unspecified atom stereocenters. The van der Waals surface area contributed by atoms with Crippen LogP contribution in [0.25, 0.3) is 5.69 Å². The number of anilines is 1. The summed E-state index contributed by atoms with van der Waals surface area (Å²) in [6.07, 6.45) is 0. The van der Waals surface area contributed by atoms with Crippen molar-refractivity contribution in [3.05, 3.63) is 75.0 Å². The predicted octanol–water partition coefficient (Wildman–Crippen LogP) is 3.39. The lowest BCUT2D eigenvalue weighted by Crippen LogP contribution is -2.24. The van der Waals surface area contributed by atoms with Crippen LogP contribution in [0, 0.1) is 17.0 Å². The minimum absolute atomic E-state index is 0.0207. The Labute approximate surface area is 224 Å². The standard InChI is InChI=1S/C23H22N8O5S2/c1-3-36-18-10-8-16(9-11-18)30-19(12-24-21(33)15-4-6-17(7-5-15)31(34)35)27-29-23(30)37-13-20(32)25-22-28-26-14(2)38-22/h4-11H,3,12-13H2,1-2H3,(H,24,33)(H,25,28,32). The van der Waals surface area contributed by atoms with Gasteiger partial charge in [-0.05, 0) is 50.2 Å².